The average molecular weight is 464 g/mol. The zero-order valence-corrected chi connectivity index (χ0v) is 19.8. The number of nitrogens with one attached hydrogen (secondary N) is 1. The van der Waals surface area contributed by atoms with Crippen LogP contribution < -0.4 is 5.32 Å². The van der Waals surface area contributed by atoms with Gasteiger partial charge in [-0.3, -0.25) is 9.69 Å². The molecule has 0 aliphatic carbocycles. The highest BCUT2D eigenvalue weighted by Gasteiger charge is 2.29. The number of benzene rings is 2. The van der Waals surface area contributed by atoms with Gasteiger partial charge in [0.1, 0.15) is 0 Å². The summed E-state index contributed by atoms with van der Waals surface area (Å²) in [5.74, 6) is 0.409. The molecule has 1 aliphatic heterocycles. The summed E-state index contributed by atoms with van der Waals surface area (Å²) in [5, 5.41) is 3.43. The third-order valence-electron chi connectivity index (χ3n) is 5.61. The second-order valence-corrected chi connectivity index (χ2v) is 10.6. The molecule has 1 saturated heterocycles. The molecule has 0 unspecified atom stereocenters. The quantitative estimate of drug-likeness (QED) is 0.680. The number of nitrogens with zero attached hydrogens (tertiary/aromatic N) is 2. The predicted molar refractivity (Wildman–Crippen MR) is 124 cm³/mol. The molecule has 168 valence electrons. The summed E-state index contributed by atoms with van der Waals surface area (Å²) in [7, 11) is -3.58. The van der Waals surface area contributed by atoms with Crippen LogP contribution in [0.2, 0.25) is 5.02 Å². The molecule has 1 atom stereocenters. The van der Waals surface area contributed by atoms with Crippen molar-refractivity contribution in [3.63, 3.8) is 0 Å². The minimum absolute atomic E-state index is 0.0633. The molecule has 0 radical (unpaired) electrons. The van der Waals surface area contributed by atoms with Crippen molar-refractivity contribution in [3.05, 3.63) is 64.7 Å². The van der Waals surface area contributed by atoms with Crippen molar-refractivity contribution in [1.29, 1.82) is 0 Å². The number of rotatable bonds is 7. The van der Waals surface area contributed by atoms with Gasteiger partial charge in [0, 0.05) is 31.2 Å². The standard InChI is InChI=1S/C23H30ClN3O3S/c1-17(2)19-7-9-20(10-8-19)18(3)25-23(28)16-26-11-13-27(14-12-26)31(29,30)22-6-4-5-21(24)15-22/h4-10,15,17-18H,11-14,16H2,1-3H3,(H,25,28)/t18-/m1/s1. The van der Waals surface area contributed by atoms with Gasteiger partial charge in [0.25, 0.3) is 0 Å². The van der Waals surface area contributed by atoms with Gasteiger partial charge in [-0.1, -0.05) is 55.8 Å². The fraction of sp³-hybridized carbons (Fsp3) is 0.435. The summed E-state index contributed by atoms with van der Waals surface area (Å²) < 4.78 is 27.1. The smallest absolute Gasteiger partial charge is 0.243 e. The van der Waals surface area contributed by atoms with Crippen LogP contribution in [0.15, 0.2) is 53.4 Å². The van der Waals surface area contributed by atoms with E-state index in [-0.39, 0.29) is 23.4 Å². The Morgan fingerprint density at radius 1 is 1.00 bits per heavy atom. The van der Waals surface area contributed by atoms with Gasteiger partial charge in [0.05, 0.1) is 17.5 Å². The highest BCUT2D eigenvalue weighted by molar-refractivity contribution is 7.89. The van der Waals surface area contributed by atoms with Crippen LogP contribution in [0.1, 0.15) is 43.9 Å². The Labute approximate surface area is 190 Å². The highest BCUT2D eigenvalue weighted by atomic mass is 35.5. The molecule has 1 N–H and O–H groups in total. The fourth-order valence-electron chi connectivity index (χ4n) is 3.65. The lowest BCUT2D eigenvalue weighted by Gasteiger charge is -2.33. The third kappa shape index (κ3) is 6.07. The first-order chi connectivity index (χ1) is 14.7. The maximum atomic E-state index is 12.8. The maximum absolute atomic E-state index is 12.8. The van der Waals surface area contributed by atoms with Crippen LogP contribution >= 0.6 is 11.6 Å². The third-order valence-corrected chi connectivity index (χ3v) is 7.74. The number of amides is 1. The van der Waals surface area contributed by atoms with Crippen molar-refractivity contribution in [1.82, 2.24) is 14.5 Å². The van der Waals surface area contributed by atoms with Crippen molar-refractivity contribution in [3.8, 4) is 0 Å². The van der Waals surface area contributed by atoms with E-state index in [0.29, 0.717) is 37.1 Å². The molecule has 6 nitrogen and oxygen atoms in total. The molecule has 1 amide bonds. The molecule has 2 aromatic rings. The summed E-state index contributed by atoms with van der Waals surface area (Å²) in [4.78, 5) is 14.7. The zero-order chi connectivity index (χ0) is 22.6. The molecule has 31 heavy (non-hydrogen) atoms. The number of halogens is 1. The molecule has 1 heterocycles. The number of piperazine rings is 1. The largest absolute Gasteiger partial charge is 0.348 e. The Morgan fingerprint density at radius 2 is 1.61 bits per heavy atom. The zero-order valence-electron chi connectivity index (χ0n) is 18.2. The van der Waals surface area contributed by atoms with E-state index in [1.54, 1.807) is 18.2 Å². The Hall–Kier alpha value is -1.93. The van der Waals surface area contributed by atoms with Crippen LogP contribution in [0, 0.1) is 0 Å². The van der Waals surface area contributed by atoms with Gasteiger partial charge >= 0.3 is 0 Å². The Morgan fingerprint density at radius 3 is 2.19 bits per heavy atom. The molecule has 0 spiro atoms. The topological polar surface area (TPSA) is 69.7 Å². The molecule has 1 fully saturated rings. The van der Waals surface area contributed by atoms with Gasteiger partial charge in [0.2, 0.25) is 15.9 Å². The van der Waals surface area contributed by atoms with E-state index in [1.165, 1.54) is 15.9 Å². The number of hydrogen-bond donors (Lipinski definition) is 1. The van der Waals surface area contributed by atoms with E-state index in [1.807, 2.05) is 11.8 Å². The van der Waals surface area contributed by atoms with Crippen molar-refractivity contribution in [2.24, 2.45) is 0 Å². The van der Waals surface area contributed by atoms with E-state index in [9.17, 15) is 13.2 Å². The minimum Gasteiger partial charge on any atom is -0.348 e. The van der Waals surface area contributed by atoms with Crippen LogP contribution in [-0.4, -0.2) is 56.3 Å². The van der Waals surface area contributed by atoms with Crippen LogP contribution in [0.25, 0.3) is 0 Å². The lowest BCUT2D eigenvalue weighted by molar-refractivity contribution is -0.123. The summed E-state index contributed by atoms with van der Waals surface area (Å²) in [6.45, 7) is 8.22. The normalized spacial score (nSPS) is 16.9. The minimum atomic E-state index is -3.58. The Balaban J connectivity index is 1.50. The second-order valence-electron chi connectivity index (χ2n) is 8.25. The number of carbonyl (C=O) groups excluding carboxylic acids is 1. The van der Waals surface area contributed by atoms with Crippen LogP contribution in [0.5, 0.6) is 0 Å². The lowest BCUT2D eigenvalue weighted by atomic mass is 9.99. The second kappa shape index (κ2) is 10.1. The van der Waals surface area contributed by atoms with Crippen molar-refractivity contribution < 1.29 is 13.2 Å². The maximum Gasteiger partial charge on any atom is 0.243 e. The highest BCUT2D eigenvalue weighted by Crippen LogP contribution is 2.21. The number of sulfonamides is 1. The van der Waals surface area contributed by atoms with Crippen molar-refractivity contribution >= 4 is 27.5 Å². The van der Waals surface area contributed by atoms with Crippen LogP contribution in [0.3, 0.4) is 0 Å². The molecule has 0 bridgehead atoms. The molecular formula is C23H30ClN3O3S. The average Bonchev–Trinajstić information content (AvgIpc) is 2.74. The molecule has 3 rings (SSSR count). The lowest BCUT2D eigenvalue weighted by Crippen LogP contribution is -2.51. The Bertz CT molecular complexity index is 1000. The van der Waals surface area contributed by atoms with Crippen molar-refractivity contribution in [2.45, 2.75) is 37.6 Å². The molecule has 0 aromatic heterocycles. The van der Waals surface area contributed by atoms with E-state index in [0.717, 1.165) is 5.56 Å². The SMILES string of the molecule is CC(C)c1ccc([C@@H](C)NC(=O)CN2CCN(S(=O)(=O)c3cccc(Cl)c3)CC2)cc1. The molecule has 8 heteroatoms. The molecule has 2 aromatic carbocycles. The summed E-state index contributed by atoms with van der Waals surface area (Å²) in [6.07, 6.45) is 0. The summed E-state index contributed by atoms with van der Waals surface area (Å²) >= 11 is 5.94. The van der Waals surface area contributed by atoms with Gasteiger partial charge < -0.3 is 5.32 Å². The van der Waals surface area contributed by atoms with Gasteiger partial charge in [-0.15, -0.1) is 0 Å². The van der Waals surface area contributed by atoms with E-state index in [4.69, 9.17) is 11.6 Å². The summed E-state index contributed by atoms with van der Waals surface area (Å²) in [5.41, 5.74) is 2.34. The molecule has 0 saturated carbocycles. The van der Waals surface area contributed by atoms with E-state index in [2.05, 4.69) is 43.4 Å². The van der Waals surface area contributed by atoms with Gasteiger partial charge in [-0.25, -0.2) is 8.42 Å². The van der Waals surface area contributed by atoms with E-state index < -0.39 is 10.0 Å². The monoisotopic (exact) mass is 463 g/mol. The number of carbonyl (C=O) groups is 1. The van der Waals surface area contributed by atoms with Gasteiger partial charge in [0.15, 0.2) is 0 Å². The first-order valence-electron chi connectivity index (χ1n) is 10.5. The Kier molecular flexibility index (Phi) is 7.75. The van der Waals surface area contributed by atoms with Gasteiger partial charge in [-0.2, -0.15) is 4.31 Å². The number of hydrogen-bond acceptors (Lipinski definition) is 4. The van der Waals surface area contributed by atoms with Crippen LogP contribution in [-0.2, 0) is 14.8 Å². The van der Waals surface area contributed by atoms with Crippen LogP contribution in [0.4, 0.5) is 0 Å². The summed E-state index contributed by atoms with van der Waals surface area (Å²) in [6, 6.07) is 14.5. The van der Waals surface area contributed by atoms with Crippen molar-refractivity contribution in [2.75, 3.05) is 32.7 Å². The fourth-order valence-corrected chi connectivity index (χ4v) is 5.37. The first-order valence-corrected chi connectivity index (χ1v) is 12.4. The molecular weight excluding hydrogens is 434 g/mol. The first kappa shape index (κ1) is 23.7. The predicted octanol–water partition coefficient (Wildman–Crippen LogP) is 3.65. The van der Waals surface area contributed by atoms with Gasteiger partial charge in [-0.05, 0) is 42.2 Å². The van der Waals surface area contributed by atoms with E-state index >= 15 is 0 Å². The molecule has 1 aliphatic rings.